The van der Waals surface area contributed by atoms with Gasteiger partial charge in [-0.05, 0) is 42.5 Å². The van der Waals surface area contributed by atoms with Crippen LogP contribution in [0, 0.1) is 17.1 Å². The van der Waals surface area contributed by atoms with Gasteiger partial charge in [-0.25, -0.2) is 9.18 Å². The van der Waals surface area contributed by atoms with Crippen LogP contribution in [0.5, 0.6) is 0 Å². The van der Waals surface area contributed by atoms with Crippen molar-refractivity contribution in [3.8, 4) is 6.07 Å². The lowest BCUT2D eigenvalue weighted by molar-refractivity contribution is -0.112. The molecule has 1 amide bonds. The fourth-order valence-corrected chi connectivity index (χ4v) is 1.97. The molecule has 0 aliphatic heterocycles. The Morgan fingerprint density at radius 1 is 1.16 bits per heavy atom. The van der Waals surface area contributed by atoms with Crippen molar-refractivity contribution in [1.29, 1.82) is 5.26 Å². The van der Waals surface area contributed by atoms with Crippen molar-refractivity contribution in [2.45, 2.75) is 0 Å². The fraction of sp³-hybridized carbons (Fsp3) is 0. The van der Waals surface area contributed by atoms with Crippen molar-refractivity contribution >= 4 is 34.9 Å². The van der Waals surface area contributed by atoms with Gasteiger partial charge in [-0.3, -0.25) is 4.79 Å². The molecule has 0 aromatic heterocycles. The van der Waals surface area contributed by atoms with Crippen molar-refractivity contribution in [3.05, 3.63) is 70.6 Å². The van der Waals surface area contributed by atoms with E-state index < -0.39 is 17.7 Å². The molecule has 126 valence electrons. The summed E-state index contributed by atoms with van der Waals surface area (Å²) in [5.74, 6) is -2.36. The van der Waals surface area contributed by atoms with Crippen LogP contribution in [-0.4, -0.2) is 17.0 Å². The normalized spacial score (nSPS) is 10.7. The van der Waals surface area contributed by atoms with Gasteiger partial charge >= 0.3 is 5.97 Å². The quantitative estimate of drug-likeness (QED) is 0.558. The zero-order valence-corrected chi connectivity index (χ0v) is 13.3. The van der Waals surface area contributed by atoms with Gasteiger partial charge in [0, 0.05) is 17.6 Å². The monoisotopic (exact) mass is 359 g/mol. The molecule has 0 radical (unpaired) electrons. The second-order valence-corrected chi connectivity index (χ2v) is 5.19. The molecule has 0 fully saturated rings. The zero-order valence-electron chi connectivity index (χ0n) is 12.6. The fourth-order valence-electron chi connectivity index (χ4n) is 1.78. The Balaban J connectivity index is 2.08. The molecule has 0 aliphatic carbocycles. The number of carboxylic acids is 1. The van der Waals surface area contributed by atoms with Gasteiger partial charge in [0.1, 0.15) is 17.5 Å². The standard InChI is InChI=1S/C17H11ClFN3O3/c18-14-7-13(5-6-15(14)19)21-9-11(8-20)16(23)22-12-3-1-10(2-4-12)17(24)25/h1-7,9,21H,(H,22,23)(H,24,25)/b11-9-. The molecule has 0 saturated heterocycles. The lowest BCUT2D eigenvalue weighted by Crippen LogP contribution is -2.14. The van der Waals surface area contributed by atoms with Gasteiger partial charge in [-0.2, -0.15) is 5.26 Å². The molecule has 2 rings (SSSR count). The lowest BCUT2D eigenvalue weighted by atomic mass is 10.2. The van der Waals surface area contributed by atoms with Crippen LogP contribution in [0.3, 0.4) is 0 Å². The Morgan fingerprint density at radius 3 is 2.36 bits per heavy atom. The smallest absolute Gasteiger partial charge is 0.335 e. The number of carboxylic acid groups (broad SMARTS) is 1. The summed E-state index contributed by atoms with van der Waals surface area (Å²) in [6.45, 7) is 0. The number of nitrogens with one attached hydrogen (secondary N) is 2. The SMILES string of the molecule is N#C/C(=C/Nc1ccc(F)c(Cl)c1)C(=O)Nc1ccc(C(=O)O)cc1. The third-order valence-corrected chi connectivity index (χ3v) is 3.35. The van der Waals surface area contributed by atoms with Crippen LogP contribution in [0.4, 0.5) is 15.8 Å². The maximum absolute atomic E-state index is 13.1. The number of amides is 1. The summed E-state index contributed by atoms with van der Waals surface area (Å²) in [6.07, 6.45) is 1.16. The van der Waals surface area contributed by atoms with Crippen LogP contribution in [-0.2, 0) is 4.79 Å². The highest BCUT2D eigenvalue weighted by Crippen LogP contribution is 2.19. The van der Waals surface area contributed by atoms with E-state index in [9.17, 15) is 14.0 Å². The molecule has 0 bridgehead atoms. The van der Waals surface area contributed by atoms with Crippen LogP contribution >= 0.6 is 11.6 Å². The molecule has 0 saturated carbocycles. The van der Waals surface area contributed by atoms with E-state index in [1.165, 1.54) is 36.4 Å². The molecule has 2 aromatic carbocycles. The third-order valence-electron chi connectivity index (χ3n) is 3.06. The third kappa shape index (κ3) is 4.80. The first-order chi connectivity index (χ1) is 11.9. The molecular weight excluding hydrogens is 349 g/mol. The number of rotatable bonds is 5. The number of carbonyl (C=O) groups is 2. The van der Waals surface area contributed by atoms with Gasteiger partial charge in [-0.1, -0.05) is 11.6 Å². The second kappa shape index (κ2) is 7.95. The van der Waals surface area contributed by atoms with E-state index in [2.05, 4.69) is 10.6 Å². The van der Waals surface area contributed by atoms with Crippen molar-refractivity contribution < 1.29 is 19.1 Å². The topological polar surface area (TPSA) is 102 Å². The van der Waals surface area contributed by atoms with E-state index >= 15 is 0 Å². The largest absolute Gasteiger partial charge is 0.478 e. The minimum Gasteiger partial charge on any atom is -0.478 e. The minimum absolute atomic E-state index is 0.0731. The zero-order chi connectivity index (χ0) is 18.4. The Labute approximate surface area is 147 Å². The molecule has 0 aliphatic rings. The van der Waals surface area contributed by atoms with Crippen LogP contribution < -0.4 is 10.6 Å². The van der Waals surface area contributed by atoms with E-state index in [0.29, 0.717) is 11.4 Å². The predicted molar refractivity (Wildman–Crippen MR) is 90.8 cm³/mol. The molecule has 0 unspecified atom stereocenters. The number of halogens is 2. The molecule has 25 heavy (non-hydrogen) atoms. The highest BCUT2D eigenvalue weighted by molar-refractivity contribution is 6.31. The van der Waals surface area contributed by atoms with E-state index in [-0.39, 0.29) is 16.2 Å². The number of benzene rings is 2. The molecule has 0 heterocycles. The number of nitriles is 1. The van der Waals surface area contributed by atoms with Gasteiger partial charge < -0.3 is 15.7 Å². The number of hydrogen-bond donors (Lipinski definition) is 3. The summed E-state index contributed by atoms with van der Waals surface area (Å²) in [5, 5.41) is 23.0. The van der Waals surface area contributed by atoms with Crippen molar-refractivity contribution in [1.82, 2.24) is 0 Å². The van der Waals surface area contributed by atoms with Gasteiger partial charge in [0.15, 0.2) is 0 Å². The Kier molecular flexibility index (Phi) is 5.71. The van der Waals surface area contributed by atoms with Gasteiger partial charge in [0.05, 0.1) is 10.6 Å². The summed E-state index contributed by atoms with van der Waals surface area (Å²) in [6, 6.07) is 11.1. The summed E-state index contributed by atoms with van der Waals surface area (Å²) >= 11 is 5.65. The molecule has 8 heteroatoms. The molecule has 6 nitrogen and oxygen atoms in total. The van der Waals surface area contributed by atoms with Crippen LogP contribution in [0.25, 0.3) is 0 Å². The van der Waals surface area contributed by atoms with Crippen molar-refractivity contribution in [2.24, 2.45) is 0 Å². The average Bonchev–Trinajstić information content (AvgIpc) is 2.59. The van der Waals surface area contributed by atoms with Crippen molar-refractivity contribution in [2.75, 3.05) is 10.6 Å². The number of anilines is 2. The van der Waals surface area contributed by atoms with Crippen LogP contribution in [0.15, 0.2) is 54.2 Å². The first kappa shape index (κ1) is 18.0. The molecular formula is C17H11ClFN3O3. The molecule has 3 N–H and O–H groups in total. The van der Waals surface area contributed by atoms with Gasteiger partial charge in [0.2, 0.25) is 0 Å². The number of carbonyl (C=O) groups excluding carboxylic acids is 1. The van der Waals surface area contributed by atoms with Crippen molar-refractivity contribution in [3.63, 3.8) is 0 Å². The Hall–Kier alpha value is -3.37. The highest BCUT2D eigenvalue weighted by Gasteiger charge is 2.10. The summed E-state index contributed by atoms with van der Waals surface area (Å²) < 4.78 is 13.1. The maximum Gasteiger partial charge on any atom is 0.335 e. The molecule has 0 spiro atoms. The summed E-state index contributed by atoms with van der Waals surface area (Å²) in [7, 11) is 0. The summed E-state index contributed by atoms with van der Waals surface area (Å²) in [5.41, 5.74) is 0.574. The Bertz CT molecular complexity index is 889. The Morgan fingerprint density at radius 2 is 1.80 bits per heavy atom. The maximum atomic E-state index is 13.1. The average molecular weight is 360 g/mol. The minimum atomic E-state index is -1.09. The second-order valence-electron chi connectivity index (χ2n) is 4.78. The first-order valence-corrected chi connectivity index (χ1v) is 7.25. The van der Waals surface area contributed by atoms with E-state index in [4.69, 9.17) is 22.0 Å². The first-order valence-electron chi connectivity index (χ1n) is 6.87. The summed E-state index contributed by atoms with van der Waals surface area (Å²) in [4.78, 5) is 22.8. The molecule has 2 aromatic rings. The van der Waals surface area contributed by atoms with Gasteiger partial charge in [0.25, 0.3) is 5.91 Å². The van der Waals surface area contributed by atoms with Crippen LogP contribution in [0.1, 0.15) is 10.4 Å². The number of aromatic carboxylic acids is 1. The van der Waals surface area contributed by atoms with E-state index in [1.54, 1.807) is 6.07 Å². The highest BCUT2D eigenvalue weighted by atomic mass is 35.5. The van der Waals surface area contributed by atoms with E-state index in [0.717, 1.165) is 12.3 Å². The number of nitrogens with zero attached hydrogens (tertiary/aromatic N) is 1. The lowest BCUT2D eigenvalue weighted by Gasteiger charge is -2.06. The number of hydrogen-bond acceptors (Lipinski definition) is 4. The van der Waals surface area contributed by atoms with E-state index in [1.807, 2.05) is 0 Å². The van der Waals surface area contributed by atoms with Crippen LogP contribution in [0.2, 0.25) is 5.02 Å². The van der Waals surface area contributed by atoms with Gasteiger partial charge in [-0.15, -0.1) is 0 Å². The predicted octanol–water partition coefficient (Wildman–Crippen LogP) is 3.64. The molecule has 0 atom stereocenters.